The minimum atomic E-state index is -0.155. The quantitative estimate of drug-likeness (QED) is 0.810. The van der Waals surface area contributed by atoms with E-state index in [9.17, 15) is 4.79 Å². The third-order valence-corrected chi connectivity index (χ3v) is 4.68. The van der Waals surface area contributed by atoms with Gasteiger partial charge in [0.05, 0.1) is 0 Å². The summed E-state index contributed by atoms with van der Waals surface area (Å²) < 4.78 is 21.6. The van der Waals surface area contributed by atoms with E-state index in [2.05, 4.69) is 0 Å². The van der Waals surface area contributed by atoms with Crippen LogP contribution in [0, 0.1) is 0 Å². The summed E-state index contributed by atoms with van der Waals surface area (Å²) in [7, 11) is 0. The Bertz CT molecular complexity index is 826. The molecule has 0 aromatic heterocycles. The summed E-state index contributed by atoms with van der Waals surface area (Å²) >= 11 is 0. The van der Waals surface area contributed by atoms with Crippen molar-refractivity contribution in [3.8, 4) is 23.0 Å². The first-order chi connectivity index (χ1) is 11.3. The first kappa shape index (κ1) is 12.8. The van der Waals surface area contributed by atoms with Gasteiger partial charge in [-0.3, -0.25) is 4.79 Å². The van der Waals surface area contributed by atoms with Crippen LogP contribution >= 0.6 is 0 Å². The molecule has 0 bridgehead atoms. The van der Waals surface area contributed by atoms with Crippen LogP contribution in [0.2, 0.25) is 0 Å². The third kappa shape index (κ3) is 1.89. The predicted molar refractivity (Wildman–Crippen MR) is 80.5 cm³/mol. The molecule has 2 aromatic carbocycles. The fourth-order valence-corrected chi connectivity index (χ4v) is 3.49. The van der Waals surface area contributed by atoms with E-state index < -0.39 is 0 Å². The van der Waals surface area contributed by atoms with Crippen molar-refractivity contribution >= 4 is 5.78 Å². The lowest BCUT2D eigenvalue weighted by Gasteiger charge is -2.24. The maximum absolute atomic E-state index is 12.9. The Morgan fingerprint density at radius 1 is 0.826 bits per heavy atom. The highest BCUT2D eigenvalue weighted by Crippen LogP contribution is 2.42. The molecule has 3 aliphatic rings. The van der Waals surface area contributed by atoms with E-state index in [1.165, 1.54) is 0 Å². The van der Waals surface area contributed by atoms with Crippen molar-refractivity contribution in [3.63, 3.8) is 0 Å². The van der Waals surface area contributed by atoms with Crippen molar-refractivity contribution in [3.05, 3.63) is 47.0 Å². The van der Waals surface area contributed by atoms with Gasteiger partial charge < -0.3 is 18.9 Å². The van der Waals surface area contributed by atoms with Crippen molar-refractivity contribution in [2.45, 2.75) is 18.8 Å². The number of aryl methyl sites for hydroxylation is 1. The highest BCUT2D eigenvalue weighted by Gasteiger charge is 2.32. The monoisotopic (exact) mass is 310 g/mol. The molecular formula is C18H14O5. The zero-order chi connectivity index (χ0) is 15.4. The van der Waals surface area contributed by atoms with Gasteiger partial charge in [-0.25, -0.2) is 0 Å². The number of fused-ring (bicyclic) bond motifs is 3. The molecule has 2 aromatic rings. The van der Waals surface area contributed by atoms with E-state index in [1.54, 1.807) is 0 Å². The topological polar surface area (TPSA) is 54.0 Å². The second kappa shape index (κ2) is 4.65. The van der Waals surface area contributed by atoms with Gasteiger partial charge in [-0.05, 0) is 48.2 Å². The fourth-order valence-electron chi connectivity index (χ4n) is 3.49. The molecule has 5 heteroatoms. The molecule has 2 heterocycles. The zero-order valence-electron chi connectivity index (χ0n) is 12.3. The summed E-state index contributed by atoms with van der Waals surface area (Å²) in [6.45, 7) is 0.460. The molecule has 0 unspecified atom stereocenters. The first-order valence-corrected chi connectivity index (χ1v) is 7.66. The molecule has 5 nitrogen and oxygen atoms in total. The summed E-state index contributed by atoms with van der Waals surface area (Å²) in [6, 6.07) is 9.50. The number of ketones is 1. The second-order valence-corrected chi connectivity index (χ2v) is 5.93. The maximum Gasteiger partial charge on any atom is 0.231 e. The van der Waals surface area contributed by atoms with Gasteiger partial charge in [0.1, 0.15) is 0 Å². The smallest absolute Gasteiger partial charge is 0.231 e. The van der Waals surface area contributed by atoms with Crippen molar-refractivity contribution in [2.24, 2.45) is 0 Å². The molecule has 23 heavy (non-hydrogen) atoms. The van der Waals surface area contributed by atoms with Crippen LogP contribution in [0.5, 0.6) is 23.0 Å². The number of ether oxygens (including phenoxy) is 4. The summed E-state index contributed by atoms with van der Waals surface area (Å²) in [5.41, 5.74) is 2.75. The number of carbonyl (C=O) groups is 1. The average molecular weight is 310 g/mol. The first-order valence-electron chi connectivity index (χ1n) is 7.66. The minimum absolute atomic E-state index is 0.128. The summed E-state index contributed by atoms with van der Waals surface area (Å²) in [5.74, 6) is 2.81. The largest absolute Gasteiger partial charge is 0.454 e. The van der Waals surface area contributed by atoms with Gasteiger partial charge in [-0.1, -0.05) is 6.07 Å². The van der Waals surface area contributed by atoms with E-state index in [0.29, 0.717) is 11.5 Å². The molecule has 0 amide bonds. The van der Waals surface area contributed by atoms with Crippen LogP contribution in [0.3, 0.4) is 0 Å². The minimum Gasteiger partial charge on any atom is -0.454 e. The number of Topliss-reactive ketones (excluding diaryl/α,β-unsaturated/α-hetero) is 1. The summed E-state index contributed by atoms with van der Waals surface area (Å²) in [5, 5.41) is 0. The molecule has 0 radical (unpaired) electrons. The van der Waals surface area contributed by atoms with Crippen LogP contribution in [-0.2, 0) is 6.42 Å². The summed E-state index contributed by atoms with van der Waals surface area (Å²) in [6.07, 6.45) is 1.63. The van der Waals surface area contributed by atoms with E-state index in [4.69, 9.17) is 18.9 Å². The van der Waals surface area contributed by atoms with Crippen molar-refractivity contribution in [1.29, 1.82) is 0 Å². The van der Waals surface area contributed by atoms with Crippen LogP contribution < -0.4 is 18.9 Å². The van der Waals surface area contributed by atoms with Gasteiger partial charge in [-0.2, -0.15) is 0 Å². The van der Waals surface area contributed by atoms with Gasteiger partial charge in [0.2, 0.25) is 13.6 Å². The Morgan fingerprint density at radius 3 is 2.35 bits per heavy atom. The highest BCUT2D eigenvalue weighted by molar-refractivity contribution is 6.03. The van der Waals surface area contributed by atoms with Crippen molar-refractivity contribution < 1.29 is 23.7 Å². The Kier molecular flexibility index (Phi) is 2.59. The van der Waals surface area contributed by atoms with Gasteiger partial charge in [0, 0.05) is 11.5 Å². The van der Waals surface area contributed by atoms with E-state index in [-0.39, 0.29) is 25.3 Å². The SMILES string of the molecule is O=C1c2cc3c(cc2CC[C@@H]1c1ccc2c(c1)OCO2)OCO3. The second-order valence-electron chi connectivity index (χ2n) is 5.93. The van der Waals surface area contributed by atoms with Crippen LogP contribution in [-0.4, -0.2) is 19.4 Å². The van der Waals surface area contributed by atoms with Crippen LogP contribution in [0.15, 0.2) is 30.3 Å². The molecule has 116 valence electrons. The molecular weight excluding hydrogens is 296 g/mol. The lowest BCUT2D eigenvalue weighted by molar-refractivity contribution is 0.0945. The van der Waals surface area contributed by atoms with Gasteiger partial charge >= 0.3 is 0 Å². The molecule has 0 fully saturated rings. The lowest BCUT2D eigenvalue weighted by Crippen LogP contribution is -2.20. The molecule has 1 aliphatic carbocycles. The molecule has 0 N–H and O–H groups in total. The Morgan fingerprint density at radius 2 is 1.52 bits per heavy atom. The lowest BCUT2D eigenvalue weighted by atomic mass is 9.79. The van der Waals surface area contributed by atoms with E-state index >= 15 is 0 Å². The number of rotatable bonds is 1. The van der Waals surface area contributed by atoms with E-state index in [0.717, 1.165) is 41.0 Å². The standard InChI is InChI=1S/C18H14O5/c19-18-12(10-2-4-14-15(5-10)21-8-20-14)3-1-11-6-16-17(7-13(11)18)23-9-22-16/h2,4-7,12H,1,3,8-9H2/t12-/m1/s1. The van der Waals surface area contributed by atoms with Crippen LogP contribution in [0.1, 0.15) is 33.8 Å². The van der Waals surface area contributed by atoms with Gasteiger partial charge in [0.15, 0.2) is 28.8 Å². The normalized spacial score (nSPS) is 20.5. The Balaban J connectivity index is 1.53. The summed E-state index contributed by atoms with van der Waals surface area (Å²) in [4.78, 5) is 12.9. The maximum atomic E-state index is 12.9. The number of carbonyl (C=O) groups excluding carboxylic acids is 1. The Hall–Kier alpha value is -2.69. The number of hydrogen-bond donors (Lipinski definition) is 0. The fraction of sp³-hybridized carbons (Fsp3) is 0.278. The van der Waals surface area contributed by atoms with Crippen LogP contribution in [0.4, 0.5) is 0 Å². The van der Waals surface area contributed by atoms with Crippen molar-refractivity contribution in [1.82, 2.24) is 0 Å². The highest BCUT2D eigenvalue weighted by atomic mass is 16.7. The Labute approximate surface area is 132 Å². The molecule has 0 saturated carbocycles. The third-order valence-electron chi connectivity index (χ3n) is 4.68. The van der Waals surface area contributed by atoms with Crippen molar-refractivity contribution in [2.75, 3.05) is 13.6 Å². The number of benzene rings is 2. The van der Waals surface area contributed by atoms with Gasteiger partial charge in [0.25, 0.3) is 0 Å². The zero-order valence-corrected chi connectivity index (χ0v) is 12.3. The predicted octanol–water partition coefficient (Wildman–Crippen LogP) is 3.06. The molecule has 0 spiro atoms. The van der Waals surface area contributed by atoms with Crippen LogP contribution in [0.25, 0.3) is 0 Å². The van der Waals surface area contributed by atoms with Gasteiger partial charge in [-0.15, -0.1) is 0 Å². The average Bonchev–Trinajstić information content (AvgIpc) is 3.21. The molecule has 0 saturated heterocycles. The number of hydrogen-bond acceptors (Lipinski definition) is 5. The molecule has 5 rings (SSSR count). The molecule has 2 aliphatic heterocycles. The molecule has 1 atom stereocenters. The van der Waals surface area contributed by atoms with E-state index in [1.807, 2.05) is 30.3 Å².